The number of nitrogens with one attached hydrogen (secondary N) is 1. The molecule has 0 aliphatic carbocycles. The molecule has 0 spiro atoms. The maximum atomic E-state index is 12.2. The van der Waals surface area contributed by atoms with Crippen molar-refractivity contribution in [3.8, 4) is 11.3 Å². The van der Waals surface area contributed by atoms with Gasteiger partial charge in [0.2, 0.25) is 5.76 Å². The number of carbonyl (C=O) groups is 2. The van der Waals surface area contributed by atoms with Gasteiger partial charge in [0.25, 0.3) is 5.91 Å². The van der Waals surface area contributed by atoms with Gasteiger partial charge in [-0.1, -0.05) is 29.3 Å². The molecule has 1 aromatic carbocycles. The van der Waals surface area contributed by atoms with Crippen molar-refractivity contribution < 1.29 is 18.7 Å². The second-order valence-corrected chi connectivity index (χ2v) is 7.34. The minimum Gasteiger partial charge on any atom is -0.449 e. The summed E-state index contributed by atoms with van der Waals surface area (Å²) >= 11 is 12.1. The predicted octanol–water partition coefficient (Wildman–Crippen LogP) is 4.71. The highest BCUT2D eigenvalue weighted by Gasteiger charge is 2.24. The second-order valence-electron chi connectivity index (χ2n) is 6.55. The molecule has 2 rings (SSSR count). The number of amides is 1. The van der Waals surface area contributed by atoms with E-state index in [4.69, 9.17) is 32.4 Å². The van der Waals surface area contributed by atoms with Crippen LogP contribution in [-0.4, -0.2) is 23.5 Å². The van der Waals surface area contributed by atoms with Crippen LogP contribution in [0.15, 0.2) is 34.7 Å². The number of ether oxygens (including phenoxy) is 1. The molecule has 0 saturated carbocycles. The summed E-state index contributed by atoms with van der Waals surface area (Å²) in [5, 5.41) is 3.45. The highest BCUT2D eigenvalue weighted by Crippen LogP contribution is 2.34. The van der Waals surface area contributed by atoms with Crippen LogP contribution in [0.2, 0.25) is 10.0 Å². The predicted molar refractivity (Wildman–Crippen MR) is 96.9 cm³/mol. The molecule has 2 aromatic rings. The van der Waals surface area contributed by atoms with Gasteiger partial charge in [0.05, 0.1) is 10.0 Å². The lowest BCUT2D eigenvalue weighted by atomic mass is 10.1. The molecule has 0 fully saturated rings. The Morgan fingerprint density at radius 3 is 2.48 bits per heavy atom. The van der Waals surface area contributed by atoms with Crippen LogP contribution in [0.1, 0.15) is 38.2 Å². The van der Waals surface area contributed by atoms with Gasteiger partial charge >= 0.3 is 5.97 Å². The highest BCUT2D eigenvalue weighted by molar-refractivity contribution is 6.43. The summed E-state index contributed by atoms with van der Waals surface area (Å²) in [7, 11) is 0. The molecule has 0 saturated heterocycles. The number of halogens is 2. The Balaban J connectivity index is 2.10. The summed E-state index contributed by atoms with van der Waals surface area (Å²) in [4.78, 5) is 24.1. The molecule has 0 unspecified atom stereocenters. The van der Waals surface area contributed by atoms with E-state index in [1.807, 2.05) is 20.8 Å². The summed E-state index contributed by atoms with van der Waals surface area (Å²) < 4.78 is 10.6. The van der Waals surface area contributed by atoms with Gasteiger partial charge in [0.1, 0.15) is 5.76 Å². The molecule has 0 bridgehead atoms. The van der Waals surface area contributed by atoms with Crippen molar-refractivity contribution in [2.45, 2.75) is 39.3 Å². The zero-order chi connectivity index (χ0) is 18.8. The minimum atomic E-state index is -0.949. The van der Waals surface area contributed by atoms with E-state index < -0.39 is 17.6 Å². The molecule has 1 amide bonds. The van der Waals surface area contributed by atoms with Gasteiger partial charge in [-0.3, -0.25) is 4.79 Å². The fraction of sp³-hybridized carbons (Fsp3) is 0.333. The Morgan fingerprint density at radius 1 is 1.16 bits per heavy atom. The van der Waals surface area contributed by atoms with Crippen LogP contribution in [-0.2, 0) is 9.53 Å². The highest BCUT2D eigenvalue weighted by atomic mass is 35.5. The zero-order valence-corrected chi connectivity index (χ0v) is 15.9. The monoisotopic (exact) mass is 383 g/mol. The average Bonchev–Trinajstić information content (AvgIpc) is 2.98. The molecule has 1 heterocycles. The van der Waals surface area contributed by atoms with E-state index in [0.717, 1.165) is 0 Å². The first-order valence-electron chi connectivity index (χ1n) is 7.66. The zero-order valence-electron chi connectivity index (χ0n) is 14.4. The number of benzene rings is 1. The van der Waals surface area contributed by atoms with Gasteiger partial charge in [0, 0.05) is 11.1 Å². The number of esters is 1. The summed E-state index contributed by atoms with van der Waals surface area (Å²) in [5.74, 6) is -0.765. The quantitative estimate of drug-likeness (QED) is 0.775. The Labute approximate surface area is 156 Å². The van der Waals surface area contributed by atoms with Crippen LogP contribution in [0.25, 0.3) is 11.3 Å². The normalized spacial score (nSPS) is 12.6. The second kappa shape index (κ2) is 7.50. The van der Waals surface area contributed by atoms with Crippen molar-refractivity contribution >= 4 is 35.1 Å². The Kier molecular flexibility index (Phi) is 5.80. The van der Waals surface area contributed by atoms with E-state index in [-0.39, 0.29) is 11.7 Å². The largest absolute Gasteiger partial charge is 0.449 e. The third kappa shape index (κ3) is 5.00. The lowest BCUT2D eigenvalue weighted by molar-refractivity contribution is -0.130. The smallest absolute Gasteiger partial charge is 0.375 e. The van der Waals surface area contributed by atoms with Gasteiger partial charge in [-0.2, -0.15) is 0 Å². The third-order valence-corrected chi connectivity index (χ3v) is 3.99. The molecule has 1 atom stereocenters. The molecular weight excluding hydrogens is 365 g/mol. The van der Waals surface area contributed by atoms with Crippen molar-refractivity contribution in [1.29, 1.82) is 0 Å². The summed E-state index contributed by atoms with van der Waals surface area (Å²) in [6.07, 6.45) is -0.949. The van der Waals surface area contributed by atoms with E-state index in [0.29, 0.717) is 21.4 Å². The van der Waals surface area contributed by atoms with Crippen molar-refractivity contribution in [1.82, 2.24) is 5.32 Å². The van der Waals surface area contributed by atoms with Crippen LogP contribution >= 0.6 is 23.2 Å². The van der Waals surface area contributed by atoms with Crippen LogP contribution in [0.5, 0.6) is 0 Å². The van der Waals surface area contributed by atoms with Crippen molar-refractivity contribution in [2.24, 2.45) is 0 Å². The average molecular weight is 384 g/mol. The number of rotatable bonds is 4. The summed E-state index contributed by atoms with van der Waals surface area (Å²) in [6.45, 7) is 7.02. The lowest BCUT2D eigenvalue weighted by Crippen LogP contribution is -2.46. The number of furan rings is 1. The molecule has 0 radical (unpaired) electrons. The van der Waals surface area contributed by atoms with Crippen molar-refractivity contribution in [3.63, 3.8) is 0 Å². The van der Waals surface area contributed by atoms with Crippen molar-refractivity contribution in [3.05, 3.63) is 46.1 Å². The molecule has 1 aromatic heterocycles. The maximum absolute atomic E-state index is 12.2. The number of carbonyl (C=O) groups excluding carboxylic acids is 2. The third-order valence-electron chi connectivity index (χ3n) is 3.18. The summed E-state index contributed by atoms with van der Waals surface area (Å²) in [5.41, 5.74) is 0.144. The van der Waals surface area contributed by atoms with Crippen molar-refractivity contribution in [2.75, 3.05) is 0 Å². The molecular formula is C18H19Cl2NO4. The van der Waals surface area contributed by atoms with Gasteiger partial charge in [0.15, 0.2) is 6.10 Å². The van der Waals surface area contributed by atoms with Crippen LogP contribution in [0, 0.1) is 0 Å². The van der Waals surface area contributed by atoms with Crippen LogP contribution < -0.4 is 5.32 Å². The lowest BCUT2D eigenvalue weighted by Gasteiger charge is -2.22. The molecule has 0 aliphatic rings. The van der Waals surface area contributed by atoms with Gasteiger partial charge in [-0.15, -0.1) is 0 Å². The maximum Gasteiger partial charge on any atom is 0.375 e. The van der Waals surface area contributed by atoms with E-state index in [1.54, 1.807) is 24.3 Å². The standard InChI is InChI=1S/C18H19Cl2NO4/c1-10(16(22)21-18(2,3)4)24-17(23)14-9-8-13(25-14)11-6-5-7-12(19)15(11)20/h5-10H,1-4H3,(H,21,22)/t10-/m1/s1. The molecule has 25 heavy (non-hydrogen) atoms. The van der Waals surface area contributed by atoms with E-state index in [9.17, 15) is 9.59 Å². The first kappa shape index (κ1) is 19.3. The van der Waals surface area contributed by atoms with Crippen LogP contribution in [0.3, 0.4) is 0 Å². The Hall–Kier alpha value is -1.98. The molecule has 0 aliphatic heterocycles. The Bertz CT molecular complexity index is 793. The SMILES string of the molecule is C[C@@H](OC(=O)c1ccc(-c2cccc(Cl)c2Cl)o1)C(=O)NC(C)(C)C. The fourth-order valence-electron chi connectivity index (χ4n) is 2.03. The first-order chi connectivity index (χ1) is 11.6. The van der Waals surface area contributed by atoms with E-state index >= 15 is 0 Å². The van der Waals surface area contributed by atoms with Gasteiger partial charge < -0.3 is 14.5 Å². The van der Waals surface area contributed by atoms with E-state index in [2.05, 4.69) is 5.32 Å². The fourth-order valence-corrected chi connectivity index (χ4v) is 2.42. The topological polar surface area (TPSA) is 68.5 Å². The molecule has 5 nitrogen and oxygen atoms in total. The first-order valence-corrected chi connectivity index (χ1v) is 8.41. The van der Waals surface area contributed by atoms with Crippen LogP contribution in [0.4, 0.5) is 0 Å². The van der Waals surface area contributed by atoms with E-state index in [1.165, 1.54) is 13.0 Å². The minimum absolute atomic E-state index is 0.0264. The van der Waals surface area contributed by atoms with Gasteiger partial charge in [-0.25, -0.2) is 4.79 Å². The molecule has 134 valence electrons. The molecule has 1 N–H and O–H groups in total. The molecule has 7 heteroatoms. The Morgan fingerprint density at radius 2 is 1.84 bits per heavy atom. The van der Waals surface area contributed by atoms with Gasteiger partial charge in [-0.05, 0) is 52.0 Å². The summed E-state index contributed by atoms with van der Waals surface area (Å²) in [6, 6.07) is 8.16. The number of hydrogen-bond donors (Lipinski definition) is 1. The number of hydrogen-bond acceptors (Lipinski definition) is 4.